The lowest BCUT2D eigenvalue weighted by Crippen LogP contribution is -1.91. The number of hydrogen-bond donors (Lipinski definition) is 8. The lowest BCUT2D eigenvalue weighted by molar-refractivity contribution is 0.818. The molecule has 13 heterocycles. The molecule has 18 nitrogen and oxygen atoms in total. The van der Waals surface area contributed by atoms with Gasteiger partial charge in [-0.05, 0) is 153 Å². The summed E-state index contributed by atoms with van der Waals surface area (Å²) in [5.41, 5.74) is 20.5. The van der Waals surface area contributed by atoms with Crippen LogP contribution >= 0.6 is 0 Å². The van der Waals surface area contributed by atoms with Gasteiger partial charge >= 0.3 is 0 Å². The number of aromatic nitrogens is 18. The summed E-state index contributed by atoms with van der Waals surface area (Å²) in [6.45, 7) is 34.7. The standard InChI is InChI=1S/C11H13N.4C10H12N2.3C9H11N3.CH4/c1-8(2)10-5-3-4-9-6-7-12-11(9)10;1-7(2)8-5-10-9(12-6-8)3-4-11-10;1-7(2)8-3-4-9-10(12-8)5-6-11-9;1-7(2)8-4-3-5-10-9(8)6-11-12-10;1-7(2)10-8-5-3-4-6-9(8)11-12-10;1-6(2)7-3-8-5-11-12-9(8)10-4-7;1-6(2)7-3-4-10-9-8(7)5-11-12-9;1-6(2)8-4-3-7-5-10-12-9(7)11-8;/h3-8,12H,1-2H3;2*3-7,11H,1-2H3;2*3-7H,1-2H3,(H,11,12);3*3-6H,1-2H3,(H,10,11,12);1H4. The summed E-state index contributed by atoms with van der Waals surface area (Å²) in [6.07, 6.45) is 18.8. The van der Waals surface area contributed by atoms with Gasteiger partial charge in [0.25, 0.3) is 0 Å². The van der Waals surface area contributed by atoms with E-state index in [1.165, 1.54) is 55.2 Å². The van der Waals surface area contributed by atoms with Gasteiger partial charge in [0.05, 0.1) is 57.9 Å². The van der Waals surface area contributed by atoms with Crippen molar-refractivity contribution < 1.29 is 0 Å². The van der Waals surface area contributed by atoms with Crippen LogP contribution in [0.2, 0.25) is 0 Å². The Hall–Kier alpha value is -10.6. The highest BCUT2D eigenvalue weighted by Gasteiger charge is 2.11. The molecule has 0 aliphatic heterocycles. The van der Waals surface area contributed by atoms with E-state index in [2.05, 4.69) is 268 Å². The van der Waals surface area contributed by atoms with Crippen LogP contribution in [-0.4, -0.2) is 90.9 Å². The van der Waals surface area contributed by atoms with Crippen LogP contribution in [-0.2, 0) is 0 Å². The molecule has 0 saturated carbocycles. The molecule has 18 heteroatoms. The van der Waals surface area contributed by atoms with Crippen molar-refractivity contribution >= 4 is 87.9 Å². The van der Waals surface area contributed by atoms with Crippen molar-refractivity contribution in [3.63, 3.8) is 0 Å². The number of aromatic amines is 8. The van der Waals surface area contributed by atoms with E-state index in [4.69, 9.17) is 0 Å². The molecule has 0 aliphatic rings. The molecule has 0 unspecified atom stereocenters. The minimum atomic E-state index is 0. The highest BCUT2D eigenvalue weighted by atomic mass is 15.1. The predicted molar refractivity (Wildman–Crippen MR) is 404 cm³/mol. The first-order valence-electron chi connectivity index (χ1n) is 33.4. The molecule has 3 aromatic carbocycles. The summed E-state index contributed by atoms with van der Waals surface area (Å²) < 4.78 is 0. The van der Waals surface area contributed by atoms with E-state index in [0.717, 1.165) is 77.6 Å². The van der Waals surface area contributed by atoms with E-state index in [1.54, 1.807) is 12.4 Å². The molecular formula is C79H98N18. The van der Waals surface area contributed by atoms with E-state index in [0.29, 0.717) is 47.3 Å². The Morgan fingerprint density at radius 2 is 0.907 bits per heavy atom. The number of para-hydroxylation sites is 2. The minimum Gasteiger partial charge on any atom is -0.361 e. The normalized spacial score (nSPS) is 11.1. The Morgan fingerprint density at radius 3 is 1.63 bits per heavy atom. The highest BCUT2D eigenvalue weighted by Crippen LogP contribution is 2.27. The van der Waals surface area contributed by atoms with Crippen LogP contribution in [0.15, 0.2) is 183 Å². The summed E-state index contributed by atoms with van der Waals surface area (Å²) in [4.78, 5) is 31.2. The smallest absolute Gasteiger partial charge is 0.155 e. The molecular weight excluding hydrogens is 1200 g/mol. The molecule has 97 heavy (non-hydrogen) atoms. The first-order chi connectivity index (χ1) is 46.2. The molecule has 16 aromatic rings. The average Bonchev–Trinajstić information content (AvgIpc) is 1.96. The van der Waals surface area contributed by atoms with Gasteiger partial charge in [0.2, 0.25) is 0 Å². The number of rotatable bonds is 8. The van der Waals surface area contributed by atoms with Crippen LogP contribution in [0.1, 0.15) is 210 Å². The highest BCUT2D eigenvalue weighted by molar-refractivity contribution is 5.84. The largest absolute Gasteiger partial charge is 0.361 e. The number of H-pyrrole nitrogens is 8. The van der Waals surface area contributed by atoms with Crippen molar-refractivity contribution in [3.05, 3.63) is 228 Å². The van der Waals surface area contributed by atoms with Crippen molar-refractivity contribution in [2.45, 2.75) is 166 Å². The van der Waals surface area contributed by atoms with Crippen LogP contribution in [0.3, 0.4) is 0 Å². The summed E-state index contributed by atoms with van der Waals surface area (Å²) in [6, 6.07) is 41.6. The molecule has 0 spiro atoms. The third kappa shape index (κ3) is 18.9. The lowest BCUT2D eigenvalue weighted by Gasteiger charge is -2.05. The molecule has 0 radical (unpaired) electrons. The van der Waals surface area contributed by atoms with Gasteiger partial charge in [-0.1, -0.05) is 167 Å². The maximum Gasteiger partial charge on any atom is 0.155 e. The summed E-state index contributed by atoms with van der Waals surface area (Å²) in [5.74, 6) is 4.23. The number of benzene rings is 3. The zero-order valence-corrected chi connectivity index (χ0v) is 58.4. The number of fused-ring (bicyclic) bond motifs is 8. The number of nitrogens with one attached hydrogen (secondary N) is 8. The van der Waals surface area contributed by atoms with Gasteiger partial charge in [-0.2, -0.15) is 25.5 Å². The third-order valence-corrected chi connectivity index (χ3v) is 16.5. The Balaban J connectivity index is 0.000000141. The summed E-state index contributed by atoms with van der Waals surface area (Å²) >= 11 is 0. The molecule has 0 saturated heterocycles. The Labute approximate surface area is 569 Å². The second kappa shape index (κ2) is 34.2. The lowest BCUT2D eigenvalue weighted by atomic mass is 10.00. The van der Waals surface area contributed by atoms with Crippen LogP contribution < -0.4 is 0 Å². The van der Waals surface area contributed by atoms with Gasteiger partial charge in [-0.25, -0.2) is 15.0 Å². The first kappa shape index (κ1) is 72.2. The van der Waals surface area contributed by atoms with Crippen molar-refractivity contribution in [2.75, 3.05) is 0 Å². The van der Waals surface area contributed by atoms with E-state index in [-0.39, 0.29) is 7.43 Å². The molecule has 504 valence electrons. The summed E-state index contributed by atoms with van der Waals surface area (Å²) in [5, 5.41) is 41.7. The molecule has 0 amide bonds. The van der Waals surface area contributed by atoms with Crippen LogP contribution in [0.25, 0.3) is 87.9 Å². The van der Waals surface area contributed by atoms with Crippen LogP contribution in [0, 0.1) is 0 Å². The monoisotopic (exact) mass is 1300 g/mol. The number of nitrogens with zero attached hydrogens (tertiary/aromatic N) is 10. The molecule has 0 aliphatic carbocycles. The fourth-order valence-corrected chi connectivity index (χ4v) is 10.7. The topological polar surface area (TPSA) is 255 Å². The van der Waals surface area contributed by atoms with Crippen molar-refractivity contribution in [3.8, 4) is 0 Å². The van der Waals surface area contributed by atoms with E-state index in [9.17, 15) is 0 Å². The summed E-state index contributed by atoms with van der Waals surface area (Å²) in [7, 11) is 0. The second-order valence-corrected chi connectivity index (χ2v) is 26.3. The van der Waals surface area contributed by atoms with E-state index >= 15 is 0 Å². The Bertz CT molecular complexity index is 4470. The second-order valence-electron chi connectivity index (χ2n) is 26.3. The minimum absolute atomic E-state index is 0. The van der Waals surface area contributed by atoms with Gasteiger partial charge < -0.3 is 15.0 Å². The fraction of sp³-hybridized carbons (Fsp3) is 0.316. The van der Waals surface area contributed by atoms with Crippen LogP contribution in [0.4, 0.5) is 0 Å². The SMILES string of the molecule is C.CC(C)c1[nH]nc2ccccc12.CC(C)c1ccc2[nH]ccc2n1.CC(C)c1ccc2cn[nH]c2n1.CC(C)c1cccc2[nH]ncc12.CC(C)c1cccc2cc[nH]c12.CC(C)c1ccnc2[nH]ncc12.CC(C)c1cnc2[nH]ncc2c1.CC(C)c1cnc2cc[nH]c2c1. The molecule has 0 bridgehead atoms. The maximum atomic E-state index is 4.50. The van der Waals surface area contributed by atoms with Crippen molar-refractivity contribution in [1.29, 1.82) is 0 Å². The van der Waals surface area contributed by atoms with E-state index < -0.39 is 0 Å². The van der Waals surface area contributed by atoms with E-state index in [1.807, 2.05) is 104 Å². The van der Waals surface area contributed by atoms with Gasteiger partial charge in [-0.15, -0.1) is 0 Å². The van der Waals surface area contributed by atoms with Gasteiger partial charge in [0.15, 0.2) is 16.9 Å². The zero-order valence-electron chi connectivity index (χ0n) is 58.4. The molecule has 0 fully saturated rings. The van der Waals surface area contributed by atoms with Gasteiger partial charge in [0.1, 0.15) is 0 Å². The Morgan fingerprint density at radius 1 is 0.320 bits per heavy atom. The maximum absolute atomic E-state index is 4.50. The van der Waals surface area contributed by atoms with Crippen molar-refractivity contribution in [1.82, 2.24) is 90.9 Å². The quantitative estimate of drug-likeness (QED) is 0.0714. The molecule has 16 rings (SSSR count). The van der Waals surface area contributed by atoms with Crippen LogP contribution in [0.5, 0.6) is 0 Å². The predicted octanol–water partition coefficient (Wildman–Crippen LogP) is 20.9. The number of pyridine rings is 5. The Kier molecular flexibility index (Phi) is 25.4. The van der Waals surface area contributed by atoms with Gasteiger partial charge in [-0.3, -0.25) is 35.5 Å². The number of hydrogen-bond acceptors (Lipinski definition) is 10. The average molecular weight is 1300 g/mol. The molecule has 0 atom stereocenters. The van der Waals surface area contributed by atoms with Crippen molar-refractivity contribution in [2.24, 2.45) is 0 Å². The fourth-order valence-electron chi connectivity index (χ4n) is 10.7. The third-order valence-electron chi connectivity index (χ3n) is 16.5. The first-order valence-corrected chi connectivity index (χ1v) is 33.4. The zero-order chi connectivity index (χ0) is 68.4. The van der Waals surface area contributed by atoms with Gasteiger partial charge in [0, 0.05) is 86.7 Å². The molecule has 13 aromatic heterocycles. The molecule has 8 N–H and O–H groups in total.